The highest BCUT2D eigenvalue weighted by Gasteiger charge is 2.32. The molecule has 0 aliphatic rings. The molecule has 5 atom stereocenters. The molecule has 1 rings (SSSR count). The van der Waals surface area contributed by atoms with Gasteiger partial charge in [-0.2, -0.15) is 0 Å². The van der Waals surface area contributed by atoms with Crippen LogP contribution in [0.3, 0.4) is 0 Å². The van der Waals surface area contributed by atoms with Gasteiger partial charge in [-0.05, 0) is 23.6 Å². The van der Waals surface area contributed by atoms with E-state index in [1.165, 1.54) is 24.3 Å². The number of amides is 3. The van der Waals surface area contributed by atoms with Crippen molar-refractivity contribution in [3.05, 3.63) is 29.8 Å². The van der Waals surface area contributed by atoms with E-state index >= 15 is 0 Å². The van der Waals surface area contributed by atoms with E-state index in [1.807, 2.05) is 0 Å². The Morgan fingerprint density at radius 3 is 1.89 bits per heavy atom. The Morgan fingerprint density at radius 1 is 0.886 bits per heavy atom. The summed E-state index contributed by atoms with van der Waals surface area (Å²) in [6.45, 7) is 2.58. The molecule has 0 aliphatic heterocycles. The molecule has 1 aromatic rings. The van der Waals surface area contributed by atoms with Gasteiger partial charge in [-0.3, -0.25) is 19.2 Å². The lowest BCUT2D eigenvalue weighted by Crippen LogP contribution is -2.59. The molecule has 0 spiro atoms. The molecule has 13 nitrogen and oxygen atoms in total. The van der Waals surface area contributed by atoms with Crippen LogP contribution in [0.1, 0.15) is 32.3 Å². The molecular formula is C22H32N4O9. The molecule has 9 N–H and O–H groups in total. The summed E-state index contributed by atoms with van der Waals surface area (Å²) in [5, 5.41) is 44.0. The first-order valence-corrected chi connectivity index (χ1v) is 10.9. The predicted molar refractivity (Wildman–Crippen MR) is 122 cm³/mol. The van der Waals surface area contributed by atoms with Gasteiger partial charge in [0.1, 0.15) is 23.9 Å². The summed E-state index contributed by atoms with van der Waals surface area (Å²) in [4.78, 5) is 60.3. The van der Waals surface area contributed by atoms with Crippen LogP contribution >= 0.6 is 0 Å². The summed E-state index contributed by atoms with van der Waals surface area (Å²) in [5.41, 5.74) is 6.30. The van der Waals surface area contributed by atoms with Crippen molar-refractivity contribution in [1.82, 2.24) is 16.0 Å². The number of aliphatic hydroxyl groups excluding tert-OH is 1. The van der Waals surface area contributed by atoms with Crippen LogP contribution in [0.2, 0.25) is 0 Å². The van der Waals surface area contributed by atoms with Crippen molar-refractivity contribution in [2.45, 2.75) is 57.3 Å². The third kappa shape index (κ3) is 9.59. The monoisotopic (exact) mass is 496 g/mol. The third-order valence-corrected chi connectivity index (χ3v) is 5.38. The Balaban J connectivity index is 2.90. The Morgan fingerprint density at radius 2 is 1.40 bits per heavy atom. The number of aromatic hydroxyl groups is 1. The van der Waals surface area contributed by atoms with Crippen molar-refractivity contribution in [3.63, 3.8) is 0 Å². The van der Waals surface area contributed by atoms with Crippen molar-refractivity contribution >= 4 is 29.7 Å². The lowest BCUT2D eigenvalue weighted by Gasteiger charge is -2.24. The minimum absolute atomic E-state index is 0.0270. The molecule has 0 radical (unpaired) electrons. The van der Waals surface area contributed by atoms with E-state index in [0.29, 0.717) is 12.0 Å². The van der Waals surface area contributed by atoms with Crippen LogP contribution in [0.25, 0.3) is 0 Å². The highest BCUT2D eigenvalue weighted by Crippen LogP contribution is 2.12. The zero-order chi connectivity index (χ0) is 26.7. The van der Waals surface area contributed by atoms with Crippen LogP contribution in [-0.4, -0.2) is 80.9 Å². The lowest BCUT2D eigenvalue weighted by atomic mass is 9.99. The number of nitrogens with two attached hydrogens (primary N) is 1. The number of phenolic OH excluding ortho intramolecular Hbond substituents is 1. The number of hydrogen-bond acceptors (Lipinski definition) is 8. The van der Waals surface area contributed by atoms with Gasteiger partial charge in [0.15, 0.2) is 0 Å². The molecule has 0 saturated carbocycles. The summed E-state index contributed by atoms with van der Waals surface area (Å²) in [6.07, 6.45) is -0.409. The molecule has 1 aromatic carbocycles. The molecule has 0 fully saturated rings. The number of hydrogen-bond donors (Lipinski definition) is 8. The summed E-state index contributed by atoms with van der Waals surface area (Å²) in [6, 6.07) is -0.0331. The number of carboxylic acids is 2. The summed E-state index contributed by atoms with van der Waals surface area (Å²) >= 11 is 0. The SMILES string of the molecule is CCC(C)C(N)C(=O)NC(CC(=O)O)C(=O)NC(CO)C(=O)NC(Cc1ccc(O)cc1)C(=O)O. The van der Waals surface area contributed by atoms with Crippen LogP contribution < -0.4 is 21.7 Å². The molecular weight excluding hydrogens is 464 g/mol. The molecule has 0 aliphatic carbocycles. The predicted octanol–water partition coefficient (Wildman–Crippen LogP) is -1.69. The molecule has 0 aromatic heterocycles. The molecule has 0 bridgehead atoms. The van der Waals surface area contributed by atoms with Gasteiger partial charge in [0, 0.05) is 6.42 Å². The van der Waals surface area contributed by atoms with Gasteiger partial charge in [0.05, 0.1) is 19.1 Å². The standard InChI is InChI=1S/C22H32N4O9/c1-3-11(2)18(23)21(33)24-14(9-17(29)30)19(31)26-16(10-27)20(32)25-15(22(34)35)8-12-4-6-13(28)7-5-12/h4-7,11,14-16,18,27-28H,3,8-10,23H2,1-2H3,(H,24,33)(H,25,32)(H,26,31)(H,29,30)(H,34,35). The third-order valence-electron chi connectivity index (χ3n) is 5.38. The van der Waals surface area contributed by atoms with Gasteiger partial charge in [0.2, 0.25) is 17.7 Å². The first kappa shape index (κ1) is 29.3. The molecule has 35 heavy (non-hydrogen) atoms. The minimum Gasteiger partial charge on any atom is -0.508 e. The van der Waals surface area contributed by atoms with Gasteiger partial charge in [-0.25, -0.2) is 4.79 Å². The topological polar surface area (TPSA) is 228 Å². The number of benzene rings is 1. The highest BCUT2D eigenvalue weighted by molar-refractivity contribution is 5.95. The van der Waals surface area contributed by atoms with Gasteiger partial charge >= 0.3 is 11.9 Å². The fourth-order valence-electron chi connectivity index (χ4n) is 2.97. The number of rotatable bonds is 14. The van der Waals surface area contributed by atoms with Crippen molar-refractivity contribution in [1.29, 1.82) is 0 Å². The first-order valence-electron chi connectivity index (χ1n) is 10.9. The van der Waals surface area contributed by atoms with E-state index in [1.54, 1.807) is 13.8 Å². The van der Waals surface area contributed by atoms with Crippen molar-refractivity contribution < 1.29 is 44.4 Å². The molecule has 194 valence electrons. The number of carbonyl (C=O) groups excluding carboxylic acids is 3. The molecule has 0 heterocycles. The van der Waals surface area contributed by atoms with E-state index < -0.39 is 66.9 Å². The fraction of sp³-hybridized carbons (Fsp3) is 0.500. The number of aliphatic hydroxyl groups is 1. The summed E-state index contributed by atoms with van der Waals surface area (Å²) < 4.78 is 0. The van der Waals surface area contributed by atoms with Crippen LogP contribution in [0.15, 0.2) is 24.3 Å². The zero-order valence-electron chi connectivity index (χ0n) is 19.4. The summed E-state index contributed by atoms with van der Waals surface area (Å²) in [5.74, 6) is -5.94. The van der Waals surface area contributed by atoms with E-state index in [9.17, 15) is 39.3 Å². The number of phenols is 1. The smallest absolute Gasteiger partial charge is 0.326 e. The maximum Gasteiger partial charge on any atom is 0.326 e. The second-order valence-corrected chi connectivity index (χ2v) is 8.08. The Bertz CT molecular complexity index is 907. The van der Waals surface area contributed by atoms with Gasteiger partial charge in [-0.1, -0.05) is 32.4 Å². The Hall–Kier alpha value is -3.71. The maximum absolute atomic E-state index is 12.6. The molecule has 5 unspecified atom stereocenters. The lowest BCUT2D eigenvalue weighted by molar-refractivity contribution is -0.143. The van der Waals surface area contributed by atoms with Crippen molar-refractivity contribution in [3.8, 4) is 5.75 Å². The molecule has 13 heteroatoms. The van der Waals surface area contributed by atoms with E-state index in [2.05, 4.69) is 16.0 Å². The van der Waals surface area contributed by atoms with Crippen molar-refractivity contribution in [2.75, 3.05) is 6.61 Å². The number of nitrogens with one attached hydrogen (secondary N) is 3. The average Bonchev–Trinajstić information content (AvgIpc) is 2.81. The normalized spacial score (nSPS) is 15.1. The van der Waals surface area contributed by atoms with Gasteiger partial charge in [0.25, 0.3) is 0 Å². The van der Waals surface area contributed by atoms with Gasteiger partial charge in [-0.15, -0.1) is 0 Å². The van der Waals surface area contributed by atoms with E-state index in [4.69, 9.17) is 10.8 Å². The number of carbonyl (C=O) groups is 5. The highest BCUT2D eigenvalue weighted by atomic mass is 16.4. The minimum atomic E-state index is -1.62. The fourth-order valence-corrected chi connectivity index (χ4v) is 2.97. The van der Waals surface area contributed by atoms with Gasteiger partial charge < -0.3 is 42.1 Å². The number of aliphatic carboxylic acids is 2. The van der Waals surface area contributed by atoms with Crippen LogP contribution in [0.5, 0.6) is 5.75 Å². The van der Waals surface area contributed by atoms with Crippen LogP contribution in [-0.2, 0) is 30.4 Å². The van der Waals surface area contributed by atoms with Crippen molar-refractivity contribution in [2.24, 2.45) is 11.7 Å². The first-order chi connectivity index (χ1) is 16.4. The second-order valence-electron chi connectivity index (χ2n) is 8.08. The zero-order valence-corrected chi connectivity index (χ0v) is 19.4. The quantitative estimate of drug-likeness (QED) is 0.146. The Kier molecular flexibility index (Phi) is 11.6. The molecule has 0 saturated heterocycles. The second kappa shape index (κ2) is 13.9. The van der Waals surface area contributed by atoms with Crippen LogP contribution in [0.4, 0.5) is 0 Å². The van der Waals surface area contributed by atoms with E-state index in [-0.39, 0.29) is 18.1 Å². The summed E-state index contributed by atoms with van der Waals surface area (Å²) in [7, 11) is 0. The Labute approximate surface area is 201 Å². The maximum atomic E-state index is 12.6. The van der Waals surface area contributed by atoms with Crippen LogP contribution in [0, 0.1) is 5.92 Å². The number of carboxylic acid groups (broad SMARTS) is 2. The molecule has 3 amide bonds. The van der Waals surface area contributed by atoms with E-state index in [0.717, 1.165) is 0 Å². The average molecular weight is 497 g/mol. The largest absolute Gasteiger partial charge is 0.508 e.